The maximum atomic E-state index is 12.9. The first-order valence-corrected chi connectivity index (χ1v) is 9.65. The fourth-order valence-electron chi connectivity index (χ4n) is 6.15. The summed E-state index contributed by atoms with van der Waals surface area (Å²) in [7, 11) is 0. The molecule has 0 saturated heterocycles. The third-order valence-corrected chi connectivity index (χ3v) is 6.65. The van der Waals surface area contributed by atoms with Crippen LogP contribution in [0.3, 0.4) is 0 Å². The van der Waals surface area contributed by atoms with Crippen LogP contribution in [0.1, 0.15) is 48.9 Å². The van der Waals surface area contributed by atoms with Crippen LogP contribution < -0.4 is 11.1 Å². The van der Waals surface area contributed by atoms with Gasteiger partial charge in [-0.1, -0.05) is 12.1 Å². The predicted molar refractivity (Wildman–Crippen MR) is 116 cm³/mol. The first kappa shape index (κ1) is 21.1. The van der Waals surface area contributed by atoms with Crippen LogP contribution in [0.4, 0.5) is 0 Å². The van der Waals surface area contributed by atoms with Gasteiger partial charge >= 0.3 is 0 Å². The lowest BCUT2D eigenvalue weighted by Gasteiger charge is -2.61. The van der Waals surface area contributed by atoms with Crippen molar-refractivity contribution in [3.8, 4) is 11.1 Å². The van der Waals surface area contributed by atoms with Crippen LogP contribution in [-0.2, 0) is 0 Å². The van der Waals surface area contributed by atoms with Crippen molar-refractivity contribution in [2.45, 2.75) is 49.6 Å². The number of hydrogen-bond acceptors (Lipinski definition) is 3. The molecule has 4 saturated carbocycles. The highest BCUT2D eigenvalue weighted by molar-refractivity contribution is 5.95. The van der Waals surface area contributed by atoms with Crippen molar-refractivity contribution in [1.82, 2.24) is 10.3 Å². The number of carbonyl (C=O) groups is 1. The summed E-state index contributed by atoms with van der Waals surface area (Å²) in [5.74, 6) is 1.42. The summed E-state index contributed by atoms with van der Waals surface area (Å²) in [5, 5.41) is 3.40. The molecule has 4 aliphatic rings. The molecule has 6 rings (SSSR count). The number of pyridine rings is 1. The van der Waals surface area contributed by atoms with E-state index in [0.29, 0.717) is 11.8 Å². The lowest BCUT2D eigenvalue weighted by Crippen LogP contribution is -2.68. The number of nitrogens with two attached hydrogens (primary N) is 1. The van der Waals surface area contributed by atoms with Gasteiger partial charge in [0.25, 0.3) is 5.91 Å². The molecule has 0 spiro atoms. The normalized spacial score (nSPS) is 32.2. The Balaban J connectivity index is 0.00000112. The topological polar surface area (TPSA) is 68.0 Å². The van der Waals surface area contributed by atoms with Crippen LogP contribution >= 0.6 is 24.8 Å². The standard InChI is InChI=1S/C22H25N3O.2ClH/c23-21-10-15-9-16(11-21)13-22(12-15,14-21)25-20(26)19-3-1-17(2-4-19)18-5-7-24-8-6-18;;/h1-8,15-16H,9-14,23H2,(H,25,26);2*1H/t15-,16+,21?,22?;;. The summed E-state index contributed by atoms with van der Waals surface area (Å²) in [5.41, 5.74) is 9.44. The minimum atomic E-state index is -0.0836. The van der Waals surface area contributed by atoms with Crippen molar-refractivity contribution < 1.29 is 4.79 Å². The number of rotatable bonds is 3. The van der Waals surface area contributed by atoms with E-state index in [1.54, 1.807) is 12.4 Å². The van der Waals surface area contributed by atoms with Gasteiger partial charge in [-0.3, -0.25) is 9.78 Å². The van der Waals surface area contributed by atoms with E-state index in [4.69, 9.17) is 5.73 Å². The summed E-state index contributed by atoms with van der Waals surface area (Å²) in [6, 6.07) is 11.8. The molecule has 0 radical (unpaired) electrons. The zero-order chi connectivity index (χ0) is 17.8. The van der Waals surface area contributed by atoms with E-state index in [1.807, 2.05) is 36.4 Å². The van der Waals surface area contributed by atoms with Crippen LogP contribution in [0.25, 0.3) is 11.1 Å². The Hall–Kier alpha value is -1.62. The van der Waals surface area contributed by atoms with E-state index in [0.717, 1.165) is 48.8 Å². The van der Waals surface area contributed by atoms with E-state index in [9.17, 15) is 4.79 Å². The monoisotopic (exact) mass is 419 g/mol. The van der Waals surface area contributed by atoms with Gasteiger partial charge in [0.1, 0.15) is 0 Å². The van der Waals surface area contributed by atoms with Gasteiger partial charge < -0.3 is 11.1 Å². The molecule has 1 aromatic heterocycles. The molecule has 4 bridgehead atoms. The minimum Gasteiger partial charge on any atom is -0.347 e. The number of nitrogens with one attached hydrogen (secondary N) is 1. The third-order valence-electron chi connectivity index (χ3n) is 6.65. The van der Waals surface area contributed by atoms with Gasteiger partial charge in [-0.15, -0.1) is 24.8 Å². The lowest BCUT2D eigenvalue weighted by atomic mass is 9.50. The summed E-state index contributed by atoms with van der Waals surface area (Å²) >= 11 is 0. The van der Waals surface area contributed by atoms with Crippen molar-refractivity contribution in [3.63, 3.8) is 0 Å². The van der Waals surface area contributed by atoms with E-state index < -0.39 is 0 Å². The zero-order valence-electron chi connectivity index (χ0n) is 15.8. The minimum absolute atomic E-state index is 0. The molecule has 4 atom stereocenters. The predicted octanol–water partition coefficient (Wildman–Crippen LogP) is 4.37. The largest absolute Gasteiger partial charge is 0.347 e. The number of amides is 1. The van der Waals surface area contributed by atoms with Gasteiger partial charge in [0, 0.05) is 29.0 Å². The molecule has 3 N–H and O–H groups in total. The molecule has 2 aromatic rings. The lowest BCUT2D eigenvalue weighted by molar-refractivity contribution is -0.0320. The highest BCUT2D eigenvalue weighted by atomic mass is 35.5. The average molecular weight is 420 g/mol. The molecular weight excluding hydrogens is 393 g/mol. The summed E-state index contributed by atoms with van der Waals surface area (Å²) < 4.78 is 0. The molecule has 4 aliphatic carbocycles. The highest BCUT2D eigenvalue weighted by Gasteiger charge is 2.56. The zero-order valence-corrected chi connectivity index (χ0v) is 17.4. The Kier molecular flexibility index (Phi) is 5.77. The van der Waals surface area contributed by atoms with Crippen LogP contribution in [0.15, 0.2) is 48.8 Å². The Bertz CT molecular complexity index is 827. The summed E-state index contributed by atoms with van der Waals surface area (Å²) in [4.78, 5) is 17.0. The molecule has 4 fully saturated rings. The van der Waals surface area contributed by atoms with Gasteiger partial charge in [0.2, 0.25) is 0 Å². The summed E-state index contributed by atoms with van der Waals surface area (Å²) in [6.45, 7) is 0. The third kappa shape index (κ3) is 3.78. The fraction of sp³-hybridized carbons (Fsp3) is 0.455. The molecule has 1 heterocycles. The van der Waals surface area contributed by atoms with Gasteiger partial charge in [0.15, 0.2) is 0 Å². The molecule has 0 aliphatic heterocycles. The van der Waals surface area contributed by atoms with Gasteiger partial charge in [-0.05, 0) is 85.8 Å². The molecule has 2 unspecified atom stereocenters. The fourth-order valence-corrected chi connectivity index (χ4v) is 6.15. The Morgan fingerprint density at radius 3 is 2.07 bits per heavy atom. The van der Waals surface area contributed by atoms with Crippen LogP contribution in [-0.4, -0.2) is 22.0 Å². The summed E-state index contributed by atoms with van der Waals surface area (Å²) in [6.07, 6.45) is 10.3. The molecule has 28 heavy (non-hydrogen) atoms. The smallest absolute Gasteiger partial charge is 0.251 e. The van der Waals surface area contributed by atoms with E-state index in [2.05, 4.69) is 10.3 Å². The number of halogens is 2. The maximum Gasteiger partial charge on any atom is 0.251 e. The van der Waals surface area contributed by atoms with Crippen molar-refractivity contribution in [2.24, 2.45) is 17.6 Å². The molecule has 150 valence electrons. The van der Waals surface area contributed by atoms with Gasteiger partial charge in [-0.25, -0.2) is 0 Å². The van der Waals surface area contributed by atoms with Crippen molar-refractivity contribution in [2.75, 3.05) is 0 Å². The Labute approximate surface area is 178 Å². The number of aromatic nitrogens is 1. The van der Waals surface area contributed by atoms with Crippen LogP contribution in [0, 0.1) is 11.8 Å². The van der Waals surface area contributed by atoms with Crippen molar-refractivity contribution in [3.05, 3.63) is 54.4 Å². The Morgan fingerprint density at radius 1 is 0.929 bits per heavy atom. The highest BCUT2D eigenvalue weighted by Crippen LogP contribution is 2.56. The number of benzene rings is 1. The van der Waals surface area contributed by atoms with Gasteiger partial charge in [0.05, 0.1) is 0 Å². The maximum absolute atomic E-state index is 12.9. The number of hydrogen-bond donors (Lipinski definition) is 2. The average Bonchev–Trinajstić information content (AvgIpc) is 2.60. The first-order valence-electron chi connectivity index (χ1n) is 9.65. The molecule has 1 amide bonds. The molecule has 4 nitrogen and oxygen atoms in total. The van der Waals surface area contributed by atoms with E-state index >= 15 is 0 Å². The second kappa shape index (κ2) is 7.66. The quantitative estimate of drug-likeness (QED) is 0.775. The van der Waals surface area contributed by atoms with Crippen LogP contribution in [0.5, 0.6) is 0 Å². The second-order valence-corrected chi connectivity index (χ2v) is 8.87. The van der Waals surface area contributed by atoms with Crippen LogP contribution in [0.2, 0.25) is 0 Å². The van der Waals surface area contributed by atoms with Gasteiger partial charge in [-0.2, -0.15) is 0 Å². The van der Waals surface area contributed by atoms with E-state index in [1.165, 1.54) is 6.42 Å². The SMILES string of the molecule is Cl.Cl.NC12C[C@H]3C[C@@H](C1)CC(NC(=O)c1ccc(-c4ccncc4)cc1)(C3)C2. The number of carbonyl (C=O) groups excluding carboxylic acids is 1. The number of nitrogens with zero attached hydrogens (tertiary/aromatic N) is 1. The van der Waals surface area contributed by atoms with E-state index in [-0.39, 0.29) is 41.8 Å². The molecule has 1 aromatic carbocycles. The molecular formula is C22H27Cl2N3O. The Morgan fingerprint density at radius 2 is 1.50 bits per heavy atom. The molecule has 6 heteroatoms. The second-order valence-electron chi connectivity index (χ2n) is 8.87. The van der Waals surface area contributed by atoms with Crippen molar-refractivity contribution >= 4 is 30.7 Å². The first-order chi connectivity index (χ1) is 12.5. The van der Waals surface area contributed by atoms with Crippen molar-refractivity contribution in [1.29, 1.82) is 0 Å².